The highest BCUT2D eigenvalue weighted by Gasteiger charge is 2.05. The molecule has 0 aromatic heterocycles. The summed E-state index contributed by atoms with van der Waals surface area (Å²) in [5.41, 5.74) is 1.12. The monoisotopic (exact) mass is 353 g/mol. The first kappa shape index (κ1) is 17.4. The molecule has 0 unspecified atom stereocenters. The number of amides is 1. The maximum absolute atomic E-state index is 11.7. The SMILES string of the molecule is COc1ccc(CCNC(=O)COc2ccc(Cl)c(Cl)c2)cc1. The molecule has 0 bridgehead atoms. The standard InChI is InChI=1S/C17H17Cl2NO3/c1-22-13-4-2-12(3-5-13)8-9-20-17(21)11-23-14-6-7-15(18)16(19)10-14/h2-7,10H,8-9,11H2,1H3,(H,20,21). The van der Waals surface area contributed by atoms with Crippen LogP contribution in [0.5, 0.6) is 11.5 Å². The number of methoxy groups -OCH3 is 1. The van der Waals surface area contributed by atoms with E-state index in [0.717, 1.165) is 17.7 Å². The zero-order valence-corrected chi connectivity index (χ0v) is 14.2. The Labute approximate surface area is 145 Å². The predicted molar refractivity (Wildman–Crippen MR) is 91.7 cm³/mol. The summed E-state index contributed by atoms with van der Waals surface area (Å²) in [4.78, 5) is 11.7. The maximum Gasteiger partial charge on any atom is 0.257 e. The molecular weight excluding hydrogens is 337 g/mol. The summed E-state index contributed by atoms with van der Waals surface area (Å²) in [6.07, 6.45) is 0.739. The Kier molecular flexibility index (Phi) is 6.56. The van der Waals surface area contributed by atoms with Gasteiger partial charge in [-0.3, -0.25) is 4.79 Å². The van der Waals surface area contributed by atoms with Crippen LogP contribution in [0.4, 0.5) is 0 Å². The summed E-state index contributed by atoms with van der Waals surface area (Å²) >= 11 is 11.7. The minimum absolute atomic E-state index is 0.0689. The van der Waals surface area contributed by atoms with Gasteiger partial charge in [0.25, 0.3) is 5.91 Å². The van der Waals surface area contributed by atoms with E-state index in [0.29, 0.717) is 22.3 Å². The Morgan fingerprint density at radius 1 is 1.04 bits per heavy atom. The van der Waals surface area contributed by atoms with Gasteiger partial charge < -0.3 is 14.8 Å². The number of ether oxygens (including phenoxy) is 2. The lowest BCUT2D eigenvalue weighted by Gasteiger charge is -2.08. The van der Waals surface area contributed by atoms with E-state index in [4.69, 9.17) is 32.7 Å². The molecule has 4 nitrogen and oxygen atoms in total. The molecule has 23 heavy (non-hydrogen) atoms. The van der Waals surface area contributed by atoms with Crippen LogP contribution in [0, 0.1) is 0 Å². The summed E-state index contributed by atoms with van der Waals surface area (Å²) in [6.45, 7) is 0.469. The molecule has 1 N–H and O–H groups in total. The average molecular weight is 354 g/mol. The number of hydrogen-bond acceptors (Lipinski definition) is 3. The van der Waals surface area contributed by atoms with E-state index in [1.54, 1.807) is 25.3 Å². The van der Waals surface area contributed by atoms with Gasteiger partial charge in [-0.25, -0.2) is 0 Å². The molecule has 2 aromatic carbocycles. The van der Waals surface area contributed by atoms with Crippen molar-refractivity contribution in [3.05, 3.63) is 58.1 Å². The van der Waals surface area contributed by atoms with Crippen LogP contribution in [-0.2, 0) is 11.2 Å². The van der Waals surface area contributed by atoms with Gasteiger partial charge in [0.15, 0.2) is 6.61 Å². The van der Waals surface area contributed by atoms with Crippen LogP contribution in [0.2, 0.25) is 10.0 Å². The van der Waals surface area contributed by atoms with Gasteiger partial charge >= 0.3 is 0 Å². The molecule has 122 valence electrons. The third kappa shape index (κ3) is 5.66. The molecule has 0 atom stereocenters. The van der Waals surface area contributed by atoms with Crippen molar-refractivity contribution >= 4 is 29.1 Å². The molecule has 0 fully saturated rings. The average Bonchev–Trinajstić information content (AvgIpc) is 2.56. The van der Waals surface area contributed by atoms with Crippen molar-refractivity contribution in [3.63, 3.8) is 0 Å². The van der Waals surface area contributed by atoms with Crippen molar-refractivity contribution in [2.45, 2.75) is 6.42 Å². The van der Waals surface area contributed by atoms with Crippen molar-refractivity contribution in [2.24, 2.45) is 0 Å². The number of benzene rings is 2. The second-order valence-corrected chi connectivity index (χ2v) is 5.63. The van der Waals surface area contributed by atoms with Crippen molar-refractivity contribution in [3.8, 4) is 11.5 Å². The fraction of sp³-hybridized carbons (Fsp3) is 0.235. The summed E-state index contributed by atoms with van der Waals surface area (Å²) < 4.78 is 10.5. The van der Waals surface area contributed by atoms with E-state index in [2.05, 4.69) is 5.32 Å². The number of carbonyl (C=O) groups is 1. The van der Waals surface area contributed by atoms with E-state index in [1.807, 2.05) is 24.3 Å². The first-order valence-electron chi connectivity index (χ1n) is 7.06. The van der Waals surface area contributed by atoms with E-state index < -0.39 is 0 Å². The van der Waals surface area contributed by atoms with Crippen molar-refractivity contribution in [2.75, 3.05) is 20.3 Å². The van der Waals surface area contributed by atoms with Gasteiger partial charge in [-0.05, 0) is 36.2 Å². The highest BCUT2D eigenvalue weighted by atomic mass is 35.5. The molecule has 0 radical (unpaired) electrons. The molecule has 0 saturated carbocycles. The molecule has 6 heteroatoms. The van der Waals surface area contributed by atoms with Crippen LogP contribution in [0.25, 0.3) is 0 Å². The summed E-state index contributed by atoms with van der Waals surface area (Å²) in [5.74, 6) is 1.13. The Hall–Kier alpha value is -1.91. The lowest BCUT2D eigenvalue weighted by atomic mass is 10.1. The number of nitrogens with one attached hydrogen (secondary N) is 1. The zero-order valence-electron chi connectivity index (χ0n) is 12.6. The van der Waals surface area contributed by atoms with Crippen molar-refractivity contribution in [1.29, 1.82) is 0 Å². The molecule has 0 spiro atoms. The van der Waals surface area contributed by atoms with Gasteiger partial charge in [-0.15, -0.1) is 0 Å². The van der Waals surface area contributed by atoms with E-state index in [1.165, 1.54) is 0 Å². The Bertz CT molecular complexity index is 659. The number of carbonyl (C=O) groups excluding carboxylic acids is 1. The first-order valence-corrected chi connectivity index (χ1v) is 7.81. The van der Waals surface area contributed by atoms with Crippen molar-refractivity contribution in [1.82, 2.24) is 5.32 Å². The highest BCUT2D eigenvalue weighted by molar-refractivity contribution is 6.42. The van der Waals surface area contributed by atoms with Crippen LogP contribution < -0.4 is 14.8 Å². The number of rotatable bonds is 7. The molecule has 1 amide bonds. The van der Waals surface area contributed by atoms with E-state index >= 15 is 0 Å². The minimum Gasteiger partial charge on any atom is -0.497 e. The lowest BCUT2D eigenvalue weighted by molar-refractivity contribution is -0.123. The van der Waals surface area contributed by atoms with Crippen LogP contribution >= 0.6 is 23.2 Å². The summed E-state index contributed by atoms with van der Waals surface area (Å²) in [6, 6.07) is 12.6. The van der Waals surface area contributed by atoms with Crippen LogP contribution in [0.1, 0.15) is 5.56 Å². The fourth-order valence-corrected chi connectivity index (χ4v) is 2.19. The summed E-state index contributed by atoms with van der Waals surface area (Å²) in [5, 5.41) is 3.64. The van der Waals surface area contributed by atoms with Crippen molar-refractivity contribution < 1.29 is 14.3 Å². The number of hydrogen-bond donors (Lipinski definition) is 1. The largest absolute Gasteiger partial charge is 0.497 e. The molecule has 0 aliphatic carbocycles. The van der Waals surface area contributed by atoms with E-state index in [-0.39, 0.29) is 12.5 Å². The third-order valence-electron chi connectivity index (χ3n) is 3.16. The quantitative estimate of drug-likeness (QED) is 0.824. The van der Waals surface area contributed by atoms with Crippen LogP contribution in [0.3, 0.4) is 0 Å². The smallest absolute Gasteiger partial charge is 0.257 e. The minimum atomic E-state index is -0.190. The Balaban J connectivity index is 1.71. The number of halogens is 2. The van der Waals surface area contributed by atoms with Gasteiger partial charge in [0, 0.05) is 12.6 Å². The molecule has 2 rings (SSSR count). The normalized spacial score (nSPS) is 10.2. The molecule has 2 aromatic rings. The van der Waals surface area contributed by atoms with Crippen LogP contribution in [0.15, 0.2) is 42.5 Å². The first-order chi connectivity index (χ1) is 11.1. The Morgan fingerprint density at radius 2 is 1.74 bits per heavy atom. The molecule has 0 aliphatic heterocycles. The summed E-state index contributed by atoms with van der Waals surface area (Å²) in [7, 11) is 1.63. The van der Waals surface area contributed by atoms with Gasteiger partial charge in [0.05, 0.1) is 17.2 Å². The topological polar surface area (TPSA) is 47.6 Å². The molecular formula is C17H17Cl2NO3. The second-order valence-electron chi connectivity index (χ2n) is 4.81. The third-order valence-corrected chi connectivity index (χ3v) is 3.89. The van der Waals surface area contributed by atoms with Gasteiger partial charge in [0.2, 0.25) is 0 Å². The van der Waals surface area contributed by atoms with Gasteiger partial charge in [-0.2, -0.15) is 0 Å². The van der Waals surface area contributed by atoms with Gasteiger partial charge in [-0.1, -0.05) is 35.3 Å². The predicted octanol–water partition coefficient (Wildman–Crippen LogP) is 3.74. The van der Waals surface area contributed by atoms with E-state index in [9.17, 15) is 4.79 Å². The molecule has 0 aliphatic rings. The lowest BCUT2D eigenvalue weighted by Crippen LogP contribution is -2.30. The molecule has 0 saturated heterocycles. The van der Waals surface area contributed by atoms with Crippen LogP contribution in [-0.4, -0.2) is 26.2 Å². The maximum atomic E-state index is 11.7. The highest BCUT2D eigenvalue weighted by Crippen LogP contribution is 2.26. The van der Waals surface area contributed by atoms with Gasteiger partial charge in [0.1, 0.15) is 11.5 Å². The Morgan fingerprint density at radius 3 is 2.39 bits per heavy atom. The zero-order chi connectivity index (χ0) is 16.7. The molecule has 0 heterocycles. The second kappa shape index (κ2) is 8.65. The fourth-order valence-electron chi connectivity index (χ4n) is 1.91.